The highest BCUT2D eigenvalue weighted by Gasteiger charge is 2.30. The van der Waals surface area contributed by atoms with Crippen LogP contribution in [0.5, 0.6) is 0 Å². The summed E-state index contributed by atoms with van der Waals surface area (Å²) < 4.78 is 38.6. The molecule has 1 heterocycles. The number of carbonyl (C=O) groups excluding carboxylic acids is 1. The number of nitrogens with one attached hydrogen (secondary N) is 1. The van der Waals surface area contributed by atoms with Gasteiger partial charge in [-0.1, -0.05) is 0 Å². The van der Waals surface area contributed by atoms with Gasteiger partial charge < -0.3 is 11.1 Å². The molecule has 0 aromatic heterocycles. The van der Waals surface area contributed by atoms with Crippen molar-refractivity contribution in [1.29, 1.82) is 0 Å². The fourth-order valence-electron chi connectivity index (χ4n) is 2.20. The molecule has 0 radical (unpaired) electrons. The Labute approximate surface area is 123 Å². The van der Waals surface area contributed by atoms with Gasteiger partial charge in [-0.15, -0.1) is 0 Å². The lowest BCUT2D eigenvalue weighted by atomic mass is 10.2. The van der Waals surface area contributed by atoms with E-state index in [4.69, 9.17) is 5.73 Å². The van der Waals surface area contributed by atoms with Gasteiger partial charge in [-0.3, -0.25) is 9.10 Å². The highest BCUT2D eigenvalue weighted by molar-refractivity contribution is 7.93. The summed E-state index contributed by atoms with van der Waals surface area (Å²) in [6, 6.07) is 3.58. The Morgan fingerprint density at radius 1 is 1.52 bits per heavy atom. The number of rotatable bonds is 4. The van der Waals surface area contributed by atoms with Gasteiger partial charge in [0, 0.05) is 24.7 Å². The van der Waals surface area contributed by atoms with Crippen molar-refractivity contribution in [2.75, 3.05) is 21.9 Å². The summed E-state index contributed by atoms with van der Waals surface area (Å²) in [6.45, 7) is 1.95. The van der Waals surface area contributed by atoms with E-state index in [1.165, 1.54) is 12.1 Å². The summed E-state index contributed by atoms with van der Waals surface area (Å²) in [7, 11) is -3.47. The number of anilines is 2. The maximum absolute atomic E-state index is 13.9. The Morgan fingerprint density at radius 3 is 2.81 bits per heavy atom. The van der Waals surface area contributed by atoms with E-state index in [-0.39, 0.29) is 36.4 Å². The van der Waals surface area contributed by atoms with Crippen molar-refractivity contribution < 1.29 is 17.6 Å². The van der Waals surface area contributed by atoms with Crippen LogP contribution in [0.15, 0.2) is 18.2 Å². The lowest BCUT2D eigenvalue weighted by Gasteiger charge is -2.18. The number of sulfonamides is 1. The number of carbonyl (C=O) groups is 1. The zero-order valence-electron chi connectivity index (χ0n) is 11.7. The van der Waals surface area contributed by atoms with E-state index >= 15 is 0 Å². The number of halogens is 1. The van der Waals surface area contributed by atoms with Crippen molar-refractivity contribution in [2.45, 2.75) is 25.8 Å². The normalized spacial score (nSPS) is 18.5. The van der Waals surface area contributed by atoms with Gasteiger partial charge in [0.15, 0.2) is 0 Å². The van der Waals surface area contributed by atoms with E-state index in [0.29, 0.717) is 12.1 Å². The average Bonchev–Trinajstić information content (AvgIpc) is 2.70. The molecule has 3 N–H and O–H groups in total. The van der Waals surface area contributed by atoms with Crippen molar-refractivity contribution in [1.82, 2.24) is 0 Å². The first-order chi connectivity index (χ1) is 9.79. The van der Waals surface area contributed by atoms with Crippen molar-refractivity contribution in [3.63, 3.8) is 0 Å². The summed E-state index contributed by atoms with van der Waals surface area (Å²) in [4.78, 5) is 11.7. The third kappa shape index (κ3) is 3.70. The largest absolute Gasteiger partial charge is 0.327 e. The number of nitrogens with zero attached hydrogens (tertiary/aromatic N) is 1. The average molecular weight is 315 g/mol. The van der Waals surface area contributed by atoms with Gasteiger partial charge in [-0.05, 0) is 31.5 Å². The molecule has 1 unspecified atom stereocenters. The first-order valence-corrected chi connectivity index (χ1v) is 8.26. The van der Waals surface area contributed by atoms with Gasteiger partial charge in [-0.25, -0.2) is 12.8 Å². The van der Waals surface area contributed by atoms with E-state index in [9.17, 15) is 17.6 Å². The first-order valence-electron chi connectivity index (χ1n) is 6.65. The van der Waals surface area contributed by atoms with E-state index in [0.717, 1.165) is 10.4 Å². The maximum Gasteiger partial charge on any atom is 0.235 e. The summed E-state index contributed by atoms with van der Waals surface area (Å²) in [6.07, 6.45) is 0.595. The van der Waals surface area contributed by atoms with Crippen LogP contribution in [0.1, 0.15) is 19.8 Å². The van der Waals surface area contributed by atoms with Crippen LogP contribution in [-0.4, -0.2) is 32.7 Å². The van der Waals surface area contributed by atoms with Crippen molar-refractivity contribution >= 4 is 27.3 Å². The quantitative estimate of drug-likeness (QED) is 0.868. The van der Waals surface area contributed by atoms with Gasteiger partial charge >= 0.3 is 0 Å². The summed E-state index contributed by atoms with van der Waals surface area (Å²) >= 11 is 0. The Morgan fingerprint density at radius 2 is 2.24 bits per heavy atom. The third-order valence-corrected chi connectivity index (χ3v) is 4.96. The number of hydrogen-bond acceptors (Lipinski definition) is 4. The fourth-order valence-corrected chi connectivity index (χ4v) is 3.76. The van der Waals surface area contributed by atoms with Crippen LogP contribution in [0.4, 0.5) is 15.8 Å². The van der Waals surface area contributed by atoms with Crippen LogP contribution >= 0.6 is 0 Å². The van der Waals surface area contributed by atoms with Crippen LogP contribution < -0.4 is 15.4 Å². The molecule has 1 aromatic rings. The SMILES string of the molecule is CC(N)CC(=O)Nc1ccc(F)c(N2CCCS2(=O)=O)c1. The Kier molecular flexibility index (Phi) is 4.48. The highest BCUT2D eigenvalue weighted by Crippen LogP contribution is 2.29. The van der Waals surface area contributed by atoms with E-state index in [1.807, 2.05) is 0 Å². The predicted molar refractivity (Wildman–Crippen MR) is 79.0 cm³/mol. The second-order valence-electron chi connectivity index (χ2n) is 5.14. The van der Waals surface area contributed by atoms with E-state index < -0.39 is 15.8 Å². The molecule has 116 valence electrons. The van der Waals surface area contributed by atoms with Crippen LogP contribution in [0.2, 0.25) is 0 Å². The van der Waals surface area contributed by atoms with Gasteiger partial charge in [0.25, 0.3) is 0 Å². The van der Waals surface area contributed by atoms with Crippen LogP contribution in [0.25, 0.3) is 0 Å². The minimum atomic E-state index is -3.47. The molecular formula is C13H18FN3O3S. The van der Waals surface area contributed by atoms with E-state index in [1.54, 1.807) is 6.92 Å². The molecule has 1 aromatic carbocycles. The molecule has 2 rings (SSSR count). The molecule has 1 fully saturated rings. The Balaban J connectivity index is 2.24. The third-order valence-electron chi connectivity index (χ3n) is 3.11. The second kappa shape index (κ2) is 5.98. The van der Waals surface area contributed by atoms with Crippen molar-refractivity contribution in [2.24, 2.45) is 5.73 Å². The lowest BCUT2D eigenvalue weighted by molar-refractivity contribution is -0.116. The highest BCUT2D eigenvalue weighted by atomic mass is 32.2. The molecule has 0 spiro atoms. The van der Waals surface area contributed by atoms with E-state index in [2.05, 4.69) is 5.32 Å². The molecule has 1 aliphatic heterocycles. The van der Waals surface area contributed by atoms with Crippen LogP contribution in [0.3, 0.4) is 0 Å². The molecule has 8 heteroatoms. The molecule has 21 heavy (non-hydrogen) atoms. The monoisotopic (exact) mass is 315 g/mol. The molecule has 1 saturated heterocycles. The molecule has 0 aliphatic carbocycles. The summed E-state index contributed by atoms with van der Waals surface area (Å²) in [5, 5.41) is 2.58. The fraction of sp³-hybridized carbons (Fsp3) is 0.462. The number of hydrogen-bond donors (Lipinski definition) is 2. The number of nitrogens with two attached hydrogens (primary N) is 1. The molecule has 0 saturated carbocycles. The number of amides is 1. The first kappa shape index (κ1) is 15.7. The molecule has 1 aliphatic rings. The van der Waals surface area contributed by atoms with Gasteiger partial charge in [0.2, 0.25) is 15.9 Å². The van der Waals surface area contributed by atoms with Gasteiger partial charge in [0.1, 0.15) is 5.82 Å². The summed E-state index contributed by atoms with van der Waals surface area (Å²) in [5.41, 5.74) is 5.84. The summed E-state index contributed by atoms with van der Waals surface area (Å²) in [5.74, 6) is -0.925. The molecule has 0 bridgehead atoms. The second-order valence-corrected chi connectivity index (χ2v) is 7.15. The van der Waals surface area contributed by atoms with Crippen molar-refractivity contribution in [3.8, 4) is 0 Å². The maximum atomic E-state index is 13.9. The topological polar surface area (TPSA) is 92.5 Å². The van der Waals surface area contributed by atoms with Crippen molar-refractivity contribution in [3.05, 3.63) is 24.0 Å². The van der Waals surface area contributed by atoms with Crippen LogP contribution in [0, 0.1) is 5.82 Å². The molecular weight excluding hydrogens is 297 g/mol. The minimum Gasteiger partial charge on any atom is -0.327 e. The zero-order valence-corrected chi connectivity index (χ0v) is 12.5. The Bertz CT molecular complexity index is 646. The lowest BCUT2D eigenvalue weighted by Crippen LogP contribution is -2.26. The zero-order chi connectivity index (χ0) is 15.6. The van der Waals surface area contributed by atoms with Gasteiger partial charge in [0.05, 0.1) is 11.4 Å². The standard InChI is InChI=1S/C13H18FN3O3S/c1-9(15)7-13(18)16-10-3-4-11(14)12(8-10)17-5-2-6-21(17,19)20/h3-4,8-9H,2,5-7,15H2,1H3,(H,16,18). The Hall–Kier alpha value is -1.67. The predicted octanol–water partition coefficient (Wildman–Crippen LogP) is 1.04. The molecule has 6 nitrogen and oxygen atoms in total. The van der Waals surface area contributed by atoms with Gasteiger partial charge in [-0.2, -0.15) is 0 Å². The molecule has 1 amide bonds. The number of benzene rings is 1. The van der Waals surface area contributed by atoms with Crippen LogP contribution in [-0.2, 0) is 14.8 Å². The smallest absolute Gasteiger partial charge is 0.235 e. The minimum absolute atomic E-state index is 0.00765. The molecule has 1 atom stereocenters.